The molecule has 0 saturated carbocycles. The Morgan fingerprint density at radius 1 is 1.11 bits per heavy atom. The molecule has 0 aromatic heterocycles. The van der Waals surface area contributed by atoms with Crippen LogP contribution in [0, 0.1) is 36.9 Å². The van der Waals surface area contributed by atoms with Crippen LogP contribution in [0.2, 0.25) is 0 Å². The van der Waals surface area contributed by atoms with E-state index < -0.39 is 26.7 Å². The number of rotatable bonds is 6. The monoisotopic (exact) mass is 256 g/mol. The molecule has 0 saturated heterocycles. The fourth-order valence-electron chi connectivity index (χ4n) is 1.26. The summed E-state index contributed by atoms with van der Waals surface area (Å²) in [6.07, 6.45) is -1.74. The second-order valence-electron chi connectivity index (χ2n) is 3.00. The Balaban J connectivity index is 3.15. The van der Waals surface area contributed by atoms with Gasteiger partial charge in [0, 0.05) is 11.6 Å². The lowest BCUT2D eigenvalue weighted by Gasteiger charge is -2.18. The van der Waals surface area contributed by atoms with E-state index in [1.54, 1.807) is 0 Å². The van der Waals surface area contributed by atoms with E-state index in [2.05, 4.69) is 4.84 Å². The second-order valence-corrected chi connectivity index (χ2v) is 3.00. The number of nitro groups is 2. The highest BCUT2D eigenvalue weighted by molar-refractivity contribution is 5.42. The number of hydrogen-bond donors (Lipinski definition) is 0. The predicted octanol–water partition coefficient (Wildman–Crippen LogP) is 1.28. The lowest BCUT2D eigenvalue weighted by atomic mass is 10.1. The van der Waals surface area contributed by atoms with Crippen molar-refractivity contribution >= 4 is 5.69 Å². The maximum atomic E-state index is 10.7. The summed E-state index contributed by atoms with van der Waals surface area (Å²) in [5.41, 5.74) is -0.765. The van der Waals surface area contributed by atoms with E-state index in [4.69, 9.17) is 0 Å². The molecule has 0 aliphatic rings. The third-order valence-corrected chi connectivity index (χ3v) is 1.90. The fourth-order valence-corrected chi connectivity index (χ4v) is 1.26. The summed E-state index contributed by atoms with van der Waals surface area (Å²) in [7, 11) is 0. The molecule has 96 valence electrons. The number of nitro benzene ring substituents is 1. The first-order chi connectivity index (χ1) is 8.41. The van der Waals surface area contributed by atoms with Crippen molar-refractivity contribution < 1.29 is 19.8 Å². The highest BCUT2D eigenvalue weighted by atomic mass is 17.0. The van der Waals surface area contributed by atoms with Crippen LogP contribution in [-0.2, 0) is 4.84 Å². The van der Waals surface area contributed by atoms with Crippen LogP contribution in [-0.4, -0.2) is 14.9 Å². The van der Waals surface area contributed by atoms with Gasteiger partial charge in [-0.3, -0.25) is 20.2 Å². The normalized spacial score (nSPS) is 11.3. The number of para-hydroxylation sites is 1. The predicted molar refractivity (Wildman–Crippen MR) is 55.2 cm³/mol. The molecule has 0 radical (unpaired) electrons. The van der Waals surface area contributed by atoms with Crippen molar-refractivity contribution in [2.75, 3.05) is 0 Å². The molecule has 0 N–H and O–H groups in total. The molecule has 0 fully saturated rings. The lowest BCUT2D eigenvalue weighted by Crippen LogP contribution is -2.15. The van der Waals surface area contributed by atoms with E-state index in [1.807, 2.05) is 0 Å². The highest BCUT2D eigenvalue weighted by Crippen LogP contribution is 2.29. The van der Waals surface area contributed by atoms with E-state index in [9.17, 15) is 30.3 Å². The van der Waals surface area contributed by atoms with Crippen LogP contribution in [0.1, 0.15) is 11.7 Å². The summed E-state index contributed by atoms with van der Waals surface area (Å²) in [5.74, 6) is 0. The molecule has 0 heterocycles. The molecular weight excluding hydrogens is 250 g/mol. The van der Waals surface area contributed by atoms with Gasteiger partial charge < -0.3 is 4.84 Å². The minimum atomic E-state index is -1.74. The van der Waals surface area contributed by atoms with Crippen LogP contribution >= 0.6 is 0 Å². The van der Waals surface area contributed by atoms with Crippen molar-refractivity contribution in [3.05, 3.63) is 66.7 Å². The van der Waals surface area contributed by atoms with Gasteiger partial charge in [-0.05, 0) is 6.54 Å². The van der Waals surface area contributed by atoms with Gasteiger partial charge in [0.15, 0.2) is 0 Å². The molecule has 0 bridgehead atoms. The fraction of sp³-hybridized carbons (Fsp3) is 0.125. The molecule has 0 amide bonds. The molecule has 0 aliphatic carbocycles. The van der Waals surface area contributed by atoms with Gasteiger partial charge in [0.05, 0.1) is 11.0 Å². The number of benzene rings is 1. The summed E-state index contributed by atoms with van der Waals surface area (Å²) in [6.45, 7) is 0.269. The Kier molecular flexibility index (Phi) is 3.97. The summed E-state index contributed by atoms with van der Waals surface area (Å²) < 4.78 is 0. The second kappa shape index (κ2) is 5.43. The van der Waals surface area contributed by atoms with Gasteiger partial charge in [-0.1, -0.05) is 18.2 Å². The van der Waals surface area contributed by atoms with Crippen molar-refractivity contribution in [1.29, 1.82) is 0 Å². The van der Waals surface area contributed by atoms with Gasteiger partial charge in [0.1, 0.15) is 0 Å². The quantitative estimate of drug-likeness (QED) is 0.424. The van der Waals surface area contributed by atoms with Crippen LogP contribution in [0.25, 0.3) is 0 Å². The van der Waals surface area contributed by atoms with E-state index in [-0.39, 0.29) is 12.1 Å². The Labute approximate surface area is 99.2 Å². The van der Waals surface area contributed by atoms with Gasteiger partial charge in [-0.15, -0.1) is 15.0 Å². The molecular formula is C8H6N3O7-. The van der Waals surface area contributed by atoms with Crippen molar-refractivity contribution in [2.24, 2.45) is 0 Å². The van der Waals surface area contributed by atoms with Crippen LogP contribution in [0.15, 0.2) is 24.3 Å². The van der Waals surface area contributed by atoms with E-state index in [0.29, 0.717) is 0 Å². The standard InChI is InChI=1S/C8H6N3O7/c12-9(13)5-8(18-11(16)17)6-3-1-2-4-7(6)10(14)15/h1-5,8H/q-1. The van der Waals surface area contributed by atoms with Gasteiger partial charge in [0.2, 0.25) is 0 Å². The summed E-state index contributed by atoms with van der Waals surface area (Å²) in [4.78, 5) is 33.5. The van der Waals surface area contributed by atoms with Crippen LogP contribution < -0.4 is 0 Å². The van der Waals surface area contributed by atoms with Crippen LogP contribution in [0.3, 0.4) is 0 Å². The minimum Gasteiger partial charge on any atom is -0.330 e. The first-order valence-electron chi connectivity index (χ1n) is 4.44. The van der Waals surface area contributed by atoms with Gasteiger partial charge in [-0.2, -0.15) is 0 Å². The smallest absolute Gasteiger partial charge is 0.292 e. The maximum absolute atomic E-state index is 10.7. The average Bonchev–Trinajstić information content (AvgIpc) is 2.26. The Bertz CT molecular complexity index is 473. The van der Waals surface area contributed by atoms with E-state index >= 15 is 0 Å². The zero-order valence-electron chi connectivity index (χ0n) is 8.66. The molecule has 1 atom stereocenters. The molecule has 10 nitrogen and oxygen atoms in total. The van der Waals surface area contributed by atoms with Crippen LogP contribution in [0.4, 0.5) is 5.69 Å². The zero-order chi connectivity index (χ0) is 13.7. The van der Waals surface area contributed by atoms with Crippen LogP contribution in [0.5, 0.6) is 0 Å². The lowest BCUT2D eigenvalue weighted by molar-refractivity contribution is -0.773. The zero-order valence-corrected chi connectivity index (χ0v) is 8.66. The maximum Gasteiger partial charge on any atom is 0.292 e. The molecule has 1 aromatic carbocycles. The third-order valence-electron chi connectivity index (χ3n) is 1.90. The Morgan fingerprint density at radius 3 is 2.22 bits per heavy atom. The first-order valence-corrected chi connectivity index (χ1v) is 4.44. The van der Waals surface area contributed by atoms with Crippen molar-refractivity contribution in [1.82, 2.24) is 0 Å². The molecule has 18 heavy (non-hydrogen) atoms. The average molecular weight is 256 g/mol. The summed E-state index contributed by atoms with van der Waals surface area (Å²) >= 11 is 0. The third kappa shape index (κ3) is 3.30. The topological polar surface area (TPSA) is 139 Å². The molecule has 0 aliphatic heterocycles. The van der Waals surface area contributed by atoms with E-state index in [0.717, 1.165) is 12.1 Å². The van der Waals surface area contributed by atoms with Gasteiger partial charge in [0.25, 0.3) is 10.8 Å². The molecule has 1 aromatic rings. The molecule has 10 heteroatoms. The van der Waals surface area contributed by atoms with E-state index in [1.165, 1.54) is 12.1 Å². The van der Waals surface area contributed by atoms with Crippen molar-refractivity contribution in [3.8, 4) is 0 Å². The van der Waals surface area contributed by atoms with Gasteiger partial charge >= 0.3 is 0 Å². The molecule has 1 unspecified atom stereocenters. The summed E-state index contributed by atoms with van der Waals surface area (Å²) in [6, 6.07) is 4.90. The summed E-state index contributed by atoms with van der Waals surface area (Å²) in [5, 5.41) is 30.0. The van der Waals surface area contributed by atoms with Gasteiger partial charge in [-0.25, -0.2) is 0 Å². The molecule has 1 rings (SSSR count). The van der Waals surface area contributed by atoms with Crippen molar-refractivity contribution in [2.45, 2.75) is 6.10 Å². The highest BCUT2D eigenvalue weighted by Gasteiger charge is 2.22. The molecule has 0 spiro atoms. The first kappa shape index (κ1) is 13.2. The SMILES string of the molecule is O=[N+]([O-])[CH-]C(O[N+](=O)[O-])c1ccccc1[N+](=O)[O-]. The largest absolute Gasteiger partial charge is 0.330 e. The number of hydrogen-bond acceptors (Lipinski definition) is 7. The Morgan fingerprint density at radius 2 is 1.72 bits per heavy atom. The number of nitrogens with zero attached hydrogens (tertiary/aromatic N) is 3. The van der Waals surface area contributed by atoms with Crippen molar-refractivity contribution in [3.63, 3.8) is 0 Å². The Hall–Kier alpha value is -2.91. The minimum absolute atomic E-state index is 0.268.